The van der Waals surface area contributed by atoms with E-state index in [9.17, 15) is 8.42 Å². The Bertz CT molecular complexity index is 1000. The van der Waals surface area contributed by atoms with Gasteiger partial charge >= 0.3 is 0 Å². The lowest BCUT2D eigenvalue weighted by atomic mass is 10.1. The molecule has 0 amide bonds. The third kappa shape index (κ3) is 3.86. The van der Waals surface area contributed by atoms with E-state index in [2.05, 4.69) is 9.71 Å². The van der Waals surface area contributed by atoms with Crippen molar-refractivity contribution in [3.63, 3.8) is 0 Å². The van der Waals surface area contributed by atoms with Crippen LogP contribution in [0.4, 0.5) is 5.13 Å². The van der Waals surface area contributed by atoms with Crippen LogP contribution >= 0.6 is 22.9 Å². The molecule has 0 saturated heterocycles. The standard InChI is InChI=1S/C18H17ClN2O2S2/c1-11-8-12(2)17(13(3)9-11)25(22,23)21-18-20-16(10-24-18)14-4-6-15(19)7-5-14/h4-10H,1-3H3,(H,20,21). The molecule has 1 N–H and O–H groups in total. The first kappa shape index (κ1) is 17.9. The molecule has 3 aromatic rings. The zero-order chi connectivity index (χ0) is 18.2. The molecule has 0 aliphatic heterocycles. The lowest BCUT2D eigenvalue weighted by molar-refractivity contribution is 0.600. The van der Waals surface area contributed by atoms with E-state index in [1.165, 1.54) is 11.3 Å². The number of nitrogens with zero attached hydrogens (tertiary/aromatic N) is 1. The second-order valence-electron chi connectivity index (χ2n) is 5.88. The second-order valence-corrected chi connectivity index (χ2v) is 8.79. The van der Waals surface area contributed by atoms with E-state index < -0.39 is 10.0 Å². The van der Waals surface area contributed by atoms with Gasteiger partial charge in [-0.2, -0.15) is 0 Å². The van der Waals surface area contributed by atoms with Gasteiger partial charge in [0.1, 0.15) is 0 Å². The van der Waals surface area contributed by atoms with E-state index in [0.717, 1.165) is 22.3 Å². The van der Waals surface area contributed by atoms with Crippen LogP contribution in [-0.2, 0) is 10.0 Å². The van der Waals surface area contributed by atoms with Gasteiger partial charge in [0.25, 0.3) is 10.0 Å². The van der Waals surface area contributed by atoms with Crippen LogP contribution < -0.4 is 4.72 Å². The summed E-state index contributed by atoms with van der Waals surface area (Å²) in [7, 11) is -3.69. The lowest BCUT2D eigenvalue weighted by Gasteiger charge is -2.12. The van der Waals surface area contributed by atoms with E-state index in [1.807, 2.05) is 36.6 Å². The van der Waals surface area contributed by atoms with E-state index in [-0.39, 0.29) is 0 Å². The van der Waals surface area contributed by atoms with E-state index in [4.69, 9.17) is 11.6 Å². The molecule has 0 fully saturated rings. The number of halogens is 1. The SMILES string of the molecule is Cc1cc(C)c(S(=O)(=O)Nc2nc(-c3ccc(Cl)cc3)cs2)c(C)c1. The van der Waals surface area contributed by atoms with Gasteiger partial charge in [-0.25, -0.2) is 13.4 Å². The Morgan fingerprint density at radius 3 is 2.24 bits per heavy atom. The Morgan fingerprint density at radius 2 is 1.64 bits per heavy atom. The Morgan fingerprint density at radius 1 is 1.04 bits per heavy atom. The highest BCUT2D eigenvalue weighted by atomic mass is 35.5. The summed E-state index contributed by atoms with van der Waals surface area (Å²) in [4.78, 5) is 4.69. The Balaban J connectivity index is 1.91. The third-order valence-corrected chi connectivity index (χ3v) is 6.52. The summed E-state index contributed by atoms with van der Waals surface area (Å²) in [5.74, 6) is 0. The van der Waals surface area contributed by atoms with Crippen LogP contribution in [0.3, 0.4) is 0 Å². The molecule has 7 heteroatoms. The smallest absolute Gasteiger partial charge is 0.255 e. The summed E-state index contributed by atoms with van der Waals surface area (Å²) in [6.07, 6.45) is 0. The maximum atomic E-state index is 12.8. The van der Waals surface area contributed by atoms with Crippen molar-refractivity contribution in [3.05, 3.63) is 63.5 Å². The van der Waals surface area contributed by atoms with Crippen molar-refractivity contribution in [2.45, 2.75) is 25.7 Å². The zero-order valence-corrected chi connectivity index (χ0v) is 16.4. The molecule has 3 rings (SSSR count). The highest BCUT2D eigenvalue weighted by molar-refractivity contribution is 7.93. The summed E-state index contributed by atoms with van der Waals surface area (Å²) in [6, 6.07) is 11.0. The average molecular weight is 393 g/mol. The van der Waals surface area contributed by atoms with Crippen molar-refractivity contribution in [1.82, 2.24) is 4.98 Å². The average Bonchev–Trinajstić information content (AvgIpc) is 2.94. The largest absolute Gasteiger partial charge is 0.264 e. The molecule has 0 aliphatic carbocycles. The van der Waals surface area contributed by atoms with Gasteiger partial charge in [-0.15, -0.1) is 11.3 Å². The number of aryl methyl sites for hydroxylation is 3. The Kier molecular flexibility index (Phi) is 4.86. The minimum Gasteiger partial charge on any atom is -0.255 e. The fourth-order valence-corrected chi connectivity index (χ4v) is 5.38. The molecule has 4 nitrogen and oxygen atoms in total. The molecule has 130 valence electrons. The van der Waals surface area contributed by atoms with Crippen LogP contribution in [0.15, 0.2) is 46.7 Å². The molecule has 2 aromatic carbocycles. The summed E-state index contributed by atoms with van der Waals surface area (Å²) < 4.78 is 28.2. The van der Waals surface area contributed by atoms with Gasteiger partial charge < -0.3 is 0 Å². The number of sulfonamides is 1. The minimum absolute atomic E-state index is 0.307. The number of rotatable bonds is 4. The highest BCUT2D eigenvalue weighted by Crippen LogP contribution is 2.29. The Hall–Kier alpha value is -1.89. The summed E-state index contributed by atoms with van der Waals surface area (Å²) >= 11 is 7.14. The monoisotopic (exact) mass is 392 g/mol. The molecule has 25 heavy (non-hydrogen) atoms. The van der Waals surface area contributed by atoms with E-state index in [1.54, 1.807) is 26.0 Å². The van der Waals surface area contributed by atoms with Crippen LogP contribution in [0.5, 0.6) is 0 Å². The molecule has 1 heterocycles. The second kappa shape index (κ2) is 6.78. The van der Waals surface area contributed by atoms with Crippen LogP contribution in [-0.4, -0.2) is 13.4 Å². The quantitative estimate of drug-likeness (QED) is 0.664. The first-order valence-electron chi connectivity index (χ1n) is 7.58. The summed E-state index contributed by atoms with van der Waals surface area (Å²) in [5, 5.41) is 2.80. The summed E-state index contributed by atoms with van der Waals surface area (Å²) in [5.41, 5.74) is 4.07. The van der Waals surface area contributed by atoms with Crippen LogP contribution in [0.2, 0.25) is 5.02 Å². The fraction of sp³-hybridized carbons (Fsp3) is 0.167. The van der Waals surface area contributed by atoms with E-state index in [0.29, 0.717) is 20.7 Å². The molecular formula is C18H17ClN2O2S2. The van der Waals surface area contributed by atoms with Crippen molar-refractivity contribution in [1.29, 1.82) is 0 Å². The normalized spacial score (nSPS) is 11.5. The van der Waals surface area contributed by atoms with Gasteiger partial charge in [0.15, 0.2) is 5.13 Å². The van der Waals surface area contributed by atoms with Crippen molar-refractivity contribution >= 4 is 38.1 Å². The maximum absolute atomic E-state index is 12.8. The predicted octanol–water partition coefficient (Wildman–Crippen LogP) is 5.19. The molecule has 0 radical (unpaired) electrons. The van der Waals surface area contributed by atoms with Gasteiger partial charge in [0.05, 0.1) is 10.6 Å². The first-order valence-corrected chi connectivity index (χ1v) is 10.3. The first-order chi connectivity index (χ1) is 11.8. The molecule has 0 unspecified atom stereocenters. The van der Waals surface area contributed by atoms with Gasteiger partial charge in [0, 0.05) is 16.0 Å². The molecule has 1 aromatic heterocycles. The lowest BCUT2D eigenvalue weighted by Crippen LogP contribution is -2.15. The van der Waals surface area contributed by atoms with Crippen molar-refractivity contribution < 1.29 is 8.42 Å². The molecule has 0 saturated carbocycles. The van der Waals surface area contributed by atoms with Gasteiger partial charge in [-0.3, -0.25) is 4.72 Å². The highest BCUT2D eigenvalue weighted by Gasteiger charge is 2.21. The fourth-order valence-electron chi connectivity index (χ4n) is 2.83. The van der Waals surface area contributed by atoms with Crippen LogP contribution in [0.25, 0.3) is 11.3 Å². The Labute approximate surface area is 156 Å². The number of hydrogen-bond donors (Lipinski definition) is 1. The minimum atomic E-state index is -3.69. The van der Waals surface area contributed by atoms with Gasteiger partial charge in [-0.1, -0.05) is 41.4 Å². The maximum Gasteiger partial charge on any atom is 0.264 e. The van der Waals surface area contributed by atoms with Gasteiger partial charge in [-0.05, 0) is 44.0 Å². The van der Waals surface area contributed by atoms with Crippen molar-refractivity contribution in [2.24, 2.45) is 0 Å². The number of benzene rings is 2. The van der Waals surface area contributed by atoms with E-state index >= 15 is 0 Å². The number of anilines is 1. The molecule has 0 aliphatic rings. The predicted molar refractivity (Wildman–Crippen MR) is 104 cm³/mol. The topological polar surface area (TPSA) is 59.1 Å². The zero-order valence-electron chi connectivity index (χ0n) is 14.0. The molecule has 0 spiro atoms. The molecular weight excluding hydrogens is 376 g/mol. The van der Waals surface area contributed by atoms with Gasteiger partial charge in [0.2, 0.25) is 0 Å². The number of hydrogen-bond acceptors (Lipinski definition) is 4. The molecule has 0 atom stereocenters. The molecule has 0 bridgehead atoms. The van der Waals surface area contributed by atoms with Crippen molar-refractivity contribution in [3.8, 4) is 11.3 Å². The number of aromatic nitrogens is 1. The summed E-state index contributed by atoms with van der Waals surface area (Å²) in [6.45, 7) is 5.55. The van der Waals surface area contributed by atoms with Crippen molar-refractivity contribution in [2.75, 3.05) is 4.72 Å². The number of nitrogens with one attached hydrogen (secondary N) is 1. The van der Waals surface area contributed by atoms with Crippen LogP contribution in [0, 0.1) is 20.8 Å². The van der Waals surface area contributed by atoms with Crippen LogP contribution in [0.1, 0.15) is 16.7 Å². The number of thiazole rings is 1. The third-order valence-electron chi connectivity index (χ3n) is 3.74.